The lowest BCUT2D eigenvalue weighted by atomic mass is 10.0. The maximum Gasteiger partial charge on any atom is 0.328 e. The summed E-state index contributed by atoms with van der Waals surface area (Å²) in [5.41, 5.74) is 0. The summed E-state index contributed by atoms with van der Waals surface area (Å²) in [6.45, 7) is 4.45. The van der Waals surface area contributed by atoms with E-state index >= 15 is 0 Å². The Morgan fingerprint density at radius 2 is 1.72 bits per heavy atom. The number of piperazine rings is 1. The van der Waals surface area contributed by atoms with Crippen LogP contribution in [0.5, 0.6) is 0 Å². The molecule has 0 spiro atoms. The molecule has 0 radical (unpaired) electrons. The standard InChI is InChI=1S/C20H29N3O5S/c1-2-28-20(25)18-10-6-7-11-23(18)19(24)16-21-12-14-22(15-13-21)29(26,27)17-8-4-3-5-9-17/h3-5,8-9,18H,2,6-7,10-16H2,1H3/t18-/m0/s1. The van der Waals surface area contributed by atoms with Crippen LogP contribution in [0.4, 0.5) is 0 Å². The van der Waals surface area contributed by atoms with E-state index in [2.05, 4.69) is 0 Å². The lowest BCUT2D eigenvalue weighted by Gasteiger charge is -2.37. The maximum atomic E-state index is 12.8. The number of benzene rings is 1. The summed E-state index contributed by atoms with van der Waals surface area (Å²) in [6.07, 6.45) is 2.42. The summed E-state index contributed by atoms with van der Waals surface area (Å²) in [4.78, 5) is 28.9. The van der Waals surface area contributed by atoms with E-state index in [1.807, 2.05) is 4.90 Å². The SMILES string of the molecule is CCOC(=O)[C@@H]1CCCCN1C(=O)CN1CCN(S(=O)(=O)c2ccccc2)CC1. The van der Waals surface area contributed by atoms with Gasteiger partial charge in [-0.25, -0.2) is 13.2 Å². The van der Waals surface area contributed by atoms with Crippen molar-refractivity contribution in [3.8, 4) is 0 Å². The molecule has 3 rings (SSSR count). The number of hydrogen-bond donors (Lipinski definition) is 0. The Hall–Kier alpha value is -1.97. The van der Waals surface area contributed by atoms with Gasteiger partial charge >= 0.3 is 5.97 Å². The fourth-order valence-electron chi connectivity index (χ4n) is 3.87. The summed E-state index contributed by atoms with van der Waals surface area (Å²) < 4.78 is 32.0. The van der Waals surface area contributed by atoms with Gasteiger partial charge in [0.2, 0.25) is 15.9 Å². The number of nitrogens with zero attached hydrogens (tertiary/aromatic N) is 3. The van der Waals surface area contributed by atoms with Crippen molar-refractivity contribution in [2.75, 3.05) is 45.9 Å². The van der Waals surface area contributed by atoms with Gasteiger partial charge < -0.3 is 9.64 Å². The van der Waals surface area contributed by atoms with Gasteiger partial charge in [0.05, 0.1) is 18.0 Å². The van der Waals surface area contributed by atoms with Gasteiger partial charge in [0.15, 0.2) is 0 Å². The van der Waals surface area contributed by atoms with Crippen LogP contribution in [0.15, 0.2) is 35.2 Å². The van der Waals surface area contributed by atoms with E-state index in [0.717, 1.165) is 12.8 Å². The lowest BCUT2D eigenvalue weighted by Crippen LogP contribution is -2.55. The molecule has 0 saturated carbocycles. The Kier molecular flexibility index (Phi) is 7.26. The molecule has 160 valence electrons. The van der Waals surface area contributed by atoms with E-state index in [4.69, 9.17) is 4.74 Å². The Balaban J connectivity index is 1.56. The van der Waals surface area contributed by atoms with E-state index in [1.54, 1.807) is 42.2 Å². The van der Waals surface area contributed by atoms with Crippen molar-refractivity contribution in [3.05, 3.63) is 30.3 Å². The van der Waals surface area contributed by atoms with E-state index in [9.17, 15) is 18.0 Å². The van der Waals surface area contributed by atoms with Crippen molar-refractivity contribution in [1.82, 2.24) is 14.1 Å². The smallest absolute Gasteiger partial charge is 0.328 e. The van der Waals surface area contributed by atoms with E-state index in [1.165, 1.54) is 4.31 Å². The molecule has 1 aromatic carbocycles. The molecule has 29 heavy (non-hydrogen) atoms. The molecule has 0 N–H and O–H groups in total. The Morgan fingerprint density at radius 3 is 2.38 bits per heavy atom. The molecule has 0 aliphatic carbocycles. The molecule has 1 aromatic rings. The van der Waals surface area contributed by atoms with Crippen LogP contribution >= 0.6 is 0 Å². The number of esters is 1. The lowest BCUT2D eigenvalue weighted by molar-refractivity contribution is -0.157. The molecule has 2 heterocycles. The largest absolute Gasteiger partial charge is 0.464 e. The van der Waals surface area contributed by atoms with Crippen LogP contribution in [-0.2, 0) is 24.3 Å². The van der Waals surface area contributed by atoms with Gasteiger partial charge in [0.1, 0.15) is 6.04 Å². The third-order valence-electron chi connectivity index (χ3n) is 5.45. The molecule has 2 aliphatic heterocycles. The summed E-state index contributed by atoms with van der Waals surface area (Å²) in [5.74, 6) is -0.429. The number of hydrogen-bond acceptors (Lipinski definition) is 6. The summed E-state index contributed by atoms with van der Waals surface area (Å²) in [5, 5.41) is 0. The van der Waals surface area contributed by atoms with Crippen LogP contribution < -0.4 is 0 Å². The van der Waals surface area contributed by atoms with Gasteiger partial charge in [-0.05, 0) is 38.3 Å². The highest BCUT2D eigenvalue weighted by Crippen LogP contribution is 2.20. The number of likely N-dealkylation sites (tertiary alicyclic amines) is 1. The fraction of sp³-hybridized carbons (Fsp3) is 0.600. The predicted molar refractivity (Wildman–Crippen MR) is 108 cm³/mol. The zero-order valence-electron chi connectivity index (χ0n) is 16.8. The molecule has 1 amide bonds. The van der Waals surface area contributed by atoms with Gasteiger partial charge in [-0.3, -0.25) is 9.69 Å². The van der Waals surface area contributed by atoms with Crippen molar-refractivity contribution in [2.45, 2.75) is 37.1 Å². The van der Waals surface area contributed by atoms with Crippen molar-refractivity contribution < 1.29 is 22.7 Å². The Bertz CT molecular complexity index is 807. The number of ether oxygens (including phenoxy) is 1. The third-order valence-corrected chi connectivity index (χ3v) is 7.37. The zero-order chi connectivity index (χ0) is 20.9. The van der Waals surface area contributed by atoms with Gasteiger partial charge in [-0.2, -0.15) is 4.31 Å². The molecule has 2 saturated heterocycles. The first-order valence-corrected chi connectivity index (χ1v) is 11.6. The minimum absolute atomic E-state index is 0.0953. The number of piperidine rings is 1. The summed E-state index contributed by atoms with van der Waals surface area (Å²) in [7, 11) is -3.51. The molecular weight excluding hydrogens is 394 g/mol. The van der Waals surface area contributed by atoms with Gasteiger partial charge in [-0.1, -0.05) is 18.2 Å². The summed E-state index contributed by atoms with van der Waals surface area (Å²) in [6, 6.07) is 7.89. The quantitative estimate of drug-likeness (QED) is 0.633. The van der Waals surface area contributed by atoms with Gasteiger partial charge in [0.25, 0.3) is 0 Å². The fourth-order valence-corrected chi connectivity index (χ4v) is 5.31. The van der Waals surface area contributed by atoms with Crippen LogP contribution in [0.1, 0.15) is 26.2 Å². The minimum Gasteiger partial charge on any atom is -0.464 e. The average Bonchev–Trinajstić information content (AvgIpc) is 2.75. The van der Waals surface area contributed by atoms with E-state index in [-0.39, 0.29) is 23.3 Å². The second-order valence-electron chi connectivity index (χ2n) is 7.34. The molecule has 9 heteroatoms. The van der Waals surface area contributed by atoms with Crippen LogP contribution in [0.25, 0.3) is 0 Å². The number of sulfonamides is 1. The predicted octanol–water partition coefficient (Wildman–Crippen LogP) is 0.937. The molecule has 0 bridgehead atoms. The van der Waals surface area contributed by atoms with Crippen LogP contribution in [0.2, 0.25) is 0 Å². The molecule has 8 nitrogen and oxygen atoms in total. The highest BCUT2D eigenvalue weighted by molar-refractivity contribution is 7.89. The second-order valence-corrected chi connectivity index (χ2v) is 9.28. The highest BCUT2D eigenvalue weighted by Gasteiger charge is 2.35. The van der Waals surface area contributed by atoms with Crippen molar-refractivity contribution >= 4 is 21.9 Å². The van der Waals surface area contributed by atoms with Crippen molar-refractivity contribution in [3.63, 3.8) is 0 Å². The molecule has 0 aromatic heterocycles. The van der Waals surface area contributed by atoms with Crippen LogP contribution in [0, 0.1) is 0 Å². The average molecular weight is 424 g/mol. The molecule has 2 fully saturated rings. The van der Waals surface area contributed by atoms with Crippen molar-refractivity contribution in [2.24, 2.45) is 0 Å². The van der Waals surface area contributed by atoms with Crippen LogP contribution in [-0.4, -0.2) is 86.3 Å². The summed E-state index contributed by atoms with van der Waals surface area (Å²) >= 11 is 0. The zero-order valence-corrected chi connectivity index (χ0v) is 17.6. The molecule has 1 atom stereocenters. The number of carbonyl (C=O) groups excluding carboxylic acids is 2. The molecular formula is C20H29N3O5S. The van der Waals surface area contributed by atoms with Crippen molar-refractivity contribution in [1.29, 1.82) is 0 Å². The minimum atomic E-state index is -3.51. The second kappa shape index (κ2) is 9.69. The number of rotatable bonds is 6. The van der Waals surface area contributed by atoms with E-state index < -0.39 is 16.1 Å². The monoisotopic (exact) mass is 423 g/mol. The Morgan fingerprint density at radius 1 is 1.03 bits per heavy atom. The van der Waals surface area contributed by atoms with Gasteiger partial charge in [0, 0.05) is 32.7 Å². The first-order valence-electron chi connectivity index (χ1n) is 10.2. The maximum absolute atomic E-state index is 12.8. The topological polar surface area (TPSA) is 87.2 Å². The first kappa shape index (κ1) is 21.7. The normalized spacial score (nSPS) is 21.7. The van der Waals surface area contributed by atoms with Crippen LogP contribution in [0.3, 0.4) is 0 Å². The number of carbonyl (C=O) groups is 2. The van der Waals surface area contributed by atoms with Gasteiger partial charge in [-0.15, -0.1) is 0 Å². The highest BCUT2D eigenvalue weighted by atomic mass is 32.2. The number of amides is 1. The van der Waals surface area contributed by atoms with E-state index in [0.29, 0.717) is 45.8 Å². The first-order chi connectivity index (χ1) is 13.9. The Labute approximate surface area is 172 Å². The third kappa shape index (κ3) is 5.15. The molecule has 0 unspecified atom stereocenters. The molecule has 2 aliphatic rings.